The number of phenols is 1. The molecule has 1 aliphatic carbocycles. The Balaban J connectivity index is 1.80. The van der Waals surface area contributed by atoms with Crippen LogP contribution in [0, 0.1) is 11.3 Å². The number of hydrogen-bond acceptors (Lipinski definition) is 5. The monoisotopic (exact) mass is 435 g/mol. The minimum Gasteiger partial charge on any atom is -0.507 e. The molecule has 6 heteroatoms. The molecule has 1 heterocycles. The van der Waals surface area contributed by atoms with Crippen LogP contribution in [0.25, 0.3) is 6.08 Å². The second kappa shape index (κ2) is 8.19. The van der Waals surface area contributed by atoms with Crippen LogP contribution in [0.4, 0.5) is 5.69 Å². The SMILES string of the molecule is CO[C@@H]1C(=O)Nc2ccc(/C=C/[C@]3(C)CCC(=O)[C@H](C)C3)c(O)c2[C@@]1(O)c1ccccc1. The molecule has 0 bridgehead atoms. The van der Waals surface area contributed by atoms with E-state index >= 15 is 0 Å². The summed E-state index contributed by atoms with van der Waals surface area (Å²) in [6.45, 7) is 4.07. The van der Waals surface area contributed by atoms with Crippen molar-refractivity contribution >= 4 is 23.5 Å². The molecule has 1 aliphatic heterocycles. The molecule has 1 saturated carbocycles. The summed E-state index contributed by atoms with van der Waals surface area (Å²) in [5.74, 6) is -0.295. The number of aromatic hydroxyl groups is 1. The van der Waals surface area contributed by atoms with Crippen LogP contribution in [0.1, 0.15) is 49.8 Å². The lowest BCUT2D eigenvalue weighted by molar-refractivity contribution is -0.142. The van der Waals surface area contributed by atoms with E-state index in [1.54, 1.807) is 36.4 Å². The predicted octanol–water partition coefficient (Wildman–Crippen LogP) is 4.00. The van der Waals surface area contributed by atoms with Crippen LogP contribution < -0.4 is 5.32 Å². The molecule has 2 aliphatic rings. The fourth-order valence-electron chi connectivity index (χ4n) is 5.03. The molecule has 4 atom stereocenters. The van der Waals surface area contributed by atoms with E-state index in [0.29, 0.717) is 29.0 Å². The van der Waals surface area contributed by atoms with E-state index in [0.717, 1.165) is 12.8 Å². The van der Waals surface area contributed by atoms with Gasteiger partial charge in [0.1, 0.15) is 11.5 Å². The van der Waals surface area contributed by atoms with Gasteiger partial charge in [0.15, 0.2) is 11.7 Å². The summed E-state index contributed by atoms with van der Waals surface area (Å²) in [7, 11) is 1.36. The number of aliphatic hydroxyl groups is 1. The number of benzene rings is 2. The fourth-order valence-corrected chi connectivity index (χ4v) is 5.03. The topological polar surface area (TPSA) is 95.9 Å². The number of anilines is 1. The number of nitrogens with one attached hydrogen (secondary N) is 1. The van der Waals surface area contributed by atoms with E-state index in [-0.39, 0.29) is 22.6 Å². The molecule has 0 unspecified atom stereocenters. The van der Waals surface area contributed by atoms with Gasteiger partial charge in [0.25, 0.3) is 5.91 Å². The van der Waals surface area contributed by atoms with Crippen LogP contribution >= 0.6 is 0 Å². The number of fused-ring (bicyclic) bond motifs is 1. The molecule has 1 amide bonds. The molecule has 1 fully saturated rings. The minimum absolute atomic E-state index is 0.0105. The number of methoxy groups -OCH3 is 1. The molecule has 2 aromatic carbocycles. The van der Waals surface area contributed by atoms with E-state index in [4.69, 9.17) is 4.74 Å². The molecule has 168 valence electrons. The number of ketones is 1. The van der Waals surface area contributed by atoms with Crippen LogP contribution in [-0.4, -0.2) is 35.1 Å². The lowest BCUT2D eigenvalue weighted by Gasteiger charge is -2.40. The summed E-state index contributed by atoms with van der Waals surface area (Å²) in [5, 5.41) is 25.9. The van der Waals surface area contributed by atoms with Gasteiger partial charge in [-0.2, -0.15) is 0 Å². The van der Waals surface area contributed by atoms with Gasteiger partial charge in [-0.3, -0.25) is 9.59 Å². The van der Waals surface area contributed by atoms with Crippen molar-refractivity contribution in [3.8, 4) is 5.75 Å². The molecule has 4 rings (SSSR count). The molecule has 0 radical (unpaired) electrons. The van der Waals surface area contributed by atoms with E-state index < -0.39 is 17.6 Å². The van der Waals surface area contributed by atoms with Gasteiger partial charge in [-0.15, -0.1) is 0 Å². The van der Waals surface area contributed by atoms with Gasteiger partial charge in [-0.1, -0.05) is 56.3 Å². The van der Waals surface area contributed by atoms with Gasteiger partial charge in [-0.25, -0.2) is 0 Å². The van der Waals surface area contributed by atoms with Crippen molar-refractivity contribution in [3.05, 3.63) is 65.2 Å². The minimum atomic E-state index is -1.86. The van der Waals surface area contributed by atoms with Gasteiger partial charge in [0.05, 0.1) is 11.3 Å². The summed E-state index contributed by atoms with van der Waals surface area (Å²) in [6.07, 6.45) is 4.70. The van der Waals surface area contributed by atoms with Crippen molar-refractivity contribution in [1.82, 2.24) is 0 Å². The Morgan fingerprint density at radius 3 is 2.53 bits per heavy atom. The lowest BCUT2D eigenvalue weighted by Crippen LogP contribution is -2.52. The van der Waals surface area contributed by atoms with Crippen LogP contribution in [0.3, 0.4) is 0 Å². The van der Waals surface area contributed by atoms with Gasteiger partial charge in [0, 0.05) is 25.0 Å². The summed E-state index contributed by atoms with van der Waals surface area (Å²) >= 11 is 0. The van der Waals surface area contributed by atoms with E-state index in [9.17, 15) is 19.8 Å². The largest absolute Gasteiger partial charge is 0.507 e. The highest BCUT2D eigenvalue weighted by Crippen LogP contribution is 2.48. The van der Waals surface area contributed by atoms with E-state index in [2.05, 4.69) is 12.2 Å². The third-order valence-electron chi connectivity index (χ3n) is 6.85. The van der Waals surface area contributed by atoms with Crippen LogP contribution in [0.2, 0.25) is 0 Å². The second-order valence-electron chi connectivity index (χ2n) is 9.22. The Morgan fingerprint density at radius 2 is 1.88 bits per heavy atom. The quantitative estimate of drug-likeness (QED) is 0.675. The smallest absolute Gasteiger partial charge is 0.257 e. The molecule has 2 aromatic rings. The molecular formula is C26H29NO5. The first-order valence-corrected chi connectivity index (χ1v) is 10.9. The maximum absolute atomic E-state index is 12.7. The molecule has 0 aromatic heterocycles. The number of amides is 1. The number of carbonyl (C=O) groups is 2. The highest BCUT2D eigenvalue weighted by Gasteiger charge is 2.51. The Morgan fingerprint density at radius 1 is 1.16 bits per heavy atom. The lowest BCUT2D eigenvalue weighted by atomic mass is 9.70. The highest BCUT2D eigenvalue weighted by atomic mass is 16.5. The van der Waals surface area contributed by atoms with Crippen molar-refractivity contribution in [2.24, 2.45) is 11.3 Å². The van der Waals surface area contributed by atoms with Crippen molar-refractivity contribution in [3.63, 3.8) is 0 Å². The average molecular weight is 436 g/mol. The van der Waals surface area contributed by atoms with Gasteiger partial charge in [-0.05, 0) is 36.0 Å². The van der Waals surface area contributed by atoms with Crippen molar-refractivity contribution < 1.29 is 24.5 Å². The molecule has 0 spiro atoms. The fraction of sp³-hybridized carbons (Fsp3) is 0.385. The number of allylic oxidation sites excluding steroid dienone is 1. The third kappa shape index (κ3) is 3.63. The van der Waals surface area contributed by atoms with Crippen LogP contribution in [0.15, 0.2) is 48.5 Å². The highest BCUT2D eigenvalue weighted by molar-refractivity contribution is 6.00. The van der Waals surface area contributed by atoms with Gasteiger partial charge in [0.2, 0.25) is 0 Å². The molecule has 0 saturated heterocycles. The van der Waals surface area contributed by atoms with Gasteiger partial charge >= 0.3 is 0 Å². The number of carbonyl (C=O) groups excluding carboxylic acids is 2. The predicted molar refractivity (Wildman–Crippen MR) is 122 cm³/mol. The molecule has 3 N–H and O–H groups in total. The zero-order valence-corrected chi connectivity index (χ0v) is 18.6. The van der Waals surface area contributed by atoms with Crippen LogP contribution in [-0.2, 0) is 19.9 Å². The first-order chi connectivity index (χ1) is 15.2. The summed E-state index contributed by atoms with van der Waals surface area (Å²) in [4.78, 5) is 24.6. The van der Waals surface area contributed by atoms with Crippen LogP contribution in [0.5, 0.6) is 5.75 Å². The molecule has 6 nitrogen and oxygen atoms in total. The van der Waals surface area contributed by atoms with Crippen molar-refractivity contribution in [1.29, 1.82) is 0 Å². The van der Waals surface area contributed by atoms with Crippen molar-refractivity contribution in [2.45, 2.75) is 44.8 Å². The second-order valence-corrected chi connectivity index (χ2v) is 9.22. The normalized spacial score (nSPS) is 30.2. The zero-order chi connectivity index (χ0) is 23.1. The molecular weight excluding hydrogens is 406 g/mol. The number of ether oxygens (including phenoxy) is 1. The van der Waals surface area contributed by atoms with Crippen molar-refractivity contribution in [2.75, 3.05) is 12.4 Å². The number of rotatable bonds is 4. The maximum Gasteiger partial charge on any atom is 0.257 e. The van der Waals surface area contributed by atoms with E-state index in [1.807, 2.05) is 25.1 Å². The third-order valence-corrected chi connectivity index (χ3v) is 6.85. The Kier molecular flexibility index (Phi) is 5.69. The first kappa shape index (κ1) is 22.2. The Hall–Kier alpha value is -2.96. The Bertz CT molecular complexity index is 1080. The number of phenolic OH excluding ortho intramolecular Hbond substituents is 1. The summed E-state index contributed by atoms with van der Waals surface area (Å²) < 4.78 is 5.40. The van der Waals surface area contributed by atoms with E-state index in [1.165, 1.54) is 7.11 Å². The average Bonchev–Trinajstić information content (AvgIpc) is 2.77. The molecule has 32 heavy (non-hydrogen) atoms. The number of Topliss-reactive ketones (excluding diaryl/α,β-unsaturated/α-hetero) is 1. The Labute approximate surface area is 187 Å². The summed E-state index contributed by atoms with van der Waals surface area (Å²) in [5.41, 5.74) is -0.505. The first-order valence-electron chi connectivity index (χ1n) is 10.9. The standard InChI is InChI=1S/C26H29NO5/c1-16-15-25(2,14-12-20(16)28)13-11-17-9-10-19-21(22(17)29)26(31,18-7-5-4-6-8-18)23(32-3)24(30)27-19/h4-11,13,16,23,29,31H,12,14-15H2,1-3H3,(H,27,30)/b13-11+/t16-,23-,25-,26+/m1/s1. The zero-order valence-electron chi connectivity index (χ0n) is 18.6. The number of hydrogen-bond donors (Lipinski definition) is 3. The maximum atomic E-state index is 12.7. The summed E-state index contributed by atoms with van der Waals surface area (Å²) in [6, 6.07) is 12.1. The van der Waals surface area contributed by atoms with Gasteiger partial charge < -0.3 is 20.3 Å².